The number of aromatic nitrogens is 2. The zero-order valence-electron chi connectivity index (χ0n) is 18.0. The van der Waals surface area contributed by atoms with Gasteiger partial charge in [0.2, 0.25) is 5.91 Å². The minimum Gasteiger partial charge on any atom is -0.497 e. The van der Waals surface area contributed by atoms with Crippen molar-refractivity contribution >= 4 is 29.0 Å². The van der Waals surface area contributed by atoms with Gasteiger partial charge in [-0.3, -0.25) is 4.79 Å². The zero-order valence-corrected chi connectivity index (χ0v) is 18.8. The second kappa shape index (κ2) is 9.87. The van der Waals surface area contributed by atoms with Gasteiger partial charge in [-0.05, 0) is 55.3 Å². The maximum Gasteiger partial charge on any atom is 0.229 e. The van der Waals surface area contributed by atoms with Crippen molar-refractivity contribution in [3.8, 4) is 22.8 Å². The first-order valence-electron chi connectivity index (χ1n) is 10.4. The van der Waals surface area contributed by atoms with Crippen LogP contribution in [0.4, 0.5) is 11.5 Å². The van der Waals surface area contributed by atoms with Gasteiger partial charge in [0.05, 0.1) is 30.9 Å². The van der Waals surface area contributed by atoms with Gasteiger partial charge in [-0.25, -0.2) is 9.97 Å². The van der Waals surface area contributed by atoms with E-state index in [2.05, 4.69) is 20.2 Å². The molecule has 0 bridgehead atoms. The van der Waals surface area contributed by atoms with E-state index in [0.29, 0.717) is 23.0 Å². The second-order valence-electron chi connectivity index (χ2n) is 7.61. The summed E-state index contributed by atoms with van der Waals surface area (Å²) in [5.41, 5.74) is 2.47. The Labute approximate surface area is 192 Å². The fourth-order valence-corrected chi connectivity index (χ4v) is 4.09. The zero-order chi connectivity index (χ0) is 22.5. The van der Waals surface area contributed by atoms with E-state index in [1.54, 1.807) is 38.7 Å². The quantitative estimate of drug-likeness (QED) is 0.585. The van der Waals surface area contributed by atoms with Gasteiger partial charge in [0.15, 0.2) is 0 Å². The van der Waals surface area contributed by atoms with Gasteiger partial charge in [0, 0.05) is 30.4 Å². The van der Waals surface area contributed by atoms with Crippen LogP contribution < -0.4 is 19.7 Å². The summed E-state index contributed by atoms with van der Waals surface area (Å²) in [4.78, 5) is 23.9. The number of amides is 1. The van der Waals surface area contributed by atoms with Crippen LogP contribution in [0.2, 0.25) is 5.02 Å². The number of nitrogens with one attached hydrogen (secondary N) is 1. The highest BCUT2D eigenvalue weighted by Crippen LogP contribution is 2.29. The molecule has 2 heterocycles. The maximum absolute atomic E-state index is 12.9. The summed E-state index contributed by atoms with van der Waals surface area (Å²) >= 11 is 6.18. The molecule has 1 aliphatic heterocycles. The van der Waals surface area contributed by atoms with Gasteiger partial charge < -0.3 is 19.7 Å². The number of carbonyl (C=O) groups is 1. The number of anilines is 2. The van der Waals surface area contributed by atoms with Crippen LogP contribution in [-0.2, 0) is 4.79 Å². The number of hydrogen-bond acceptors (Lipinski definition) is 6. The minimum absolute atomic E-state index is 0.0274. The third-order valence-electron chi connectivity index (χ3n) is 5.57. The Balaban J connectivity index is 1.45. The van der Waals surface area contributed by atoms with Crippen molar-refractivity contribution in [2.45, 2.75) is 12.8 Å². The molecule has 1 saturated heterocycles. The number of piperidine rings is 1. The lowest BCUT2D eigenvalue weighted by Crippen LogP contribution is -2.41. The molecule has 1 N–H and O–H groups in total. The molecule has 0 radical (unpaired) electrons. The highest BCUT2D eigenvalue weighted by Gasteiger charge is 2.27. The van der Waals surface area contributed by atoms with Gasteiger partial charge >= 0.3 is 0 Å². The van der Waals surface area contributed by atoms with Crippen LogP contribution in [0.15, 0.2) is 54.9 Å². The fourth-order valence-electron chi connectivity index (χ4n) is 3.83. The molecule has 0 saturated carbocycles. The monoisotopic (exact) mass is 452 g/mol. The van der Waals surface area contributed by atoms with Crippen LogP contribution in [0.5, 0.6) is 11.5 Å². The minimum atomic E-state index is -0.149. The van der Waals surface area contributed by atoms with E-state index in [4.69, 9.17) is 21.1 Å². The Kier molecular flexibility index (Phi) is 6.75. The van der Waals surface area contributed by atoms with Crippen molar-refractivity contribution in [2.24, 2.45) is 5.92 Å². The van der Waals surface area contributed by atoms with Gasteiger partial charge in [-0.1, -0.05) is 11.6 Å². The fraction of sp³-hybridized carbons (Fsp3) is 0.292. The van der Waals surface area contributed by atoms with E-state index < -0.39 is 0 Å². The van der Waals surface area contributed by atoms with Gasteiger partial charge in [0.25, 0.3) is 0 Å². The van der Waals surface area contributed by atoms with Crippen LogP contribution in [0, 0.1) is 5.92 Å². The average molecular weight is 453 g/mol. The SMILES string of the molecule is COc1ccc(-c2cc(N3CCCC(C(=O)Nc4ccc(OC)c(Cl)c4)C3)ncn2)cc1. The number of methoxy groups -OCH3 is 2. The number of carbonyl (C=O) groups excluding carboxylic acids is 1. The third-order valence-corrected chi connectivity index (χ3v) is 5.87. The lowest BCUT2D eigenvalue weighted by Gasteiger charge is -2.33. The third kappa shape index (κ3) is 4.94. The van der Waals surface area contributed by atoms with Crippen molar-refractivity contribution in [3.63, 3.8) is 0 Å². The Morgan fingerprint density at radius 2 is 1.91 bits per heavy atom. The van der Waals surface area contributed by atoms with Crippen molar-refractivity contribution in [1.82, 2.24) is 9.97 Å². The highest BCUT2D eigenvalue weighted by molar-refractivity contribution is 6.32. The average Bonchev–Trinajstić information content (AvgIpc) is 2.84. The van der Waals surface area contributed by atoms with E-state index in [0.717, 1.165) is 42.2 Å². The van der Waals surface area contributed by atoms with Gasteiger partial charge in [0.1, 0.15) is 23.6 Å². The molecule has 8 heteroatoms. The molecule has 1 aromatic heterocycles. The number of nitrogens with zero attached hydrogens (tertiary/aromatic N) is 3. The van der Waals surface area contributed by atoms with Crippen molar-refractivity contribution in [3.05, 3.63) is 59.9 Å². The van der Waals surface area contributed by atoms with Crippen molar-refractivity contribution in [2.75, 3.05) is 37.5 Å². The molecule has 3 aromatic rings. The van der Waals surface area contributed by atoms with Gasteiger partial charge in [-0.15, -0.1) is 0 Å². The molecule has 2 aromatic carbocycles. The highest BCUT2D eigenvalue weighted by atomic mass is 35.5. The molecule has 1 fully saturated rings. The first-order valence-corrected chi connectivity index (χ1v) is 10.8. The summed E-state index contributed by atoms with van der Waals surface area (Å²) < 4.78 is 10.4. The van der Waals surface area contributed by atoms with Crippen LogP contribution in [0.25, 0.3) is 11.3 Å². The molecule has 0 spiro atoms. The van der Waals surface area contributed by atoms with Crippen LogP contribution >= 0.6 is 11.6 Å². The molecule has 4 rings (SSSR count). The van der Waals surface area contributed by atoms with Gasteiger partial charge in [-0.2, -0.15) is 0 Å². The number of rotatable bonds is 6. The summed E-state index contributed by atoms with van der Waals surface area (Å²) in [6, 6.07) is 14.9. The summed E-state index contributed by atoms with van der Waals surface area (Å²) in [5, 5.41) is 3.43. The molecule has 1 amide bonds. The first kappa shape index (κ1) is 21.9. The molecule has 32 heavy (non-hydrogen) atoms. The second-order valence-corrected chi connectivity index (χ2v) is 8.02. The molecule has 0 aliphatic carbocycles. The summed E-state index contributed by atoms with van der Waals surface area (Å²) in [6.45, 7) is 1.44. The molecule has 7 nitrogen and oxygen atoms in total. The molecule has 1 aliphatic rings. The number of ether oxygens (including phenoxy) is 2. The normalized spacial score (nSPS) is 15.8. The molecule has 1 atom stereocenters. The smallest absolute Gasteiger partial charge is 0.229 e. The Morgan fingerprint density at radius 3 is 2.62 bits per heavy atom. The van der Waals surface area contributed by atoms with E-state index in [1.165, 1.54) is 0 Å². The molecule has 1 unspecified atom stereocenters. The topological polar surface area (TPSA) is 76.6 Å². The van der Waals surface area contributed by atoms with Crippen LogP contribution in [0.1, 0.15) is 12.8 Å². The number of halogens is 1. The molecular weight excluding hydrogens is 428 g/mol. The lowest BCUT2D eigenvalue weighted by molar-refractivity contribution is -0.120. The maximum atomic E-state index is 12.9. The van der Waals surface area contributed by atoms with E-state index >= 15 is 0 Å². The summed E-state index contributed by atoms with van der Waals surface area (Å²) in [6.07, 6.45) is 3.30. The first-order chi connectivity index (χ1) is 15.6. The van der Waals surface area contributed by atoms with E-state index in [9.17, 15) is 4.79 Å². The van der Waals surface area contributed by atoms with Crippen molar-refractivity contribution < 1.29 is 14.3 Å². The standard InChI is InChI=1S/C24H25ClN4O3/c1-31-19-8-5-16(6-9-19)21-13-23(27-15-26-21)29-11-3-4-17(14-29)24(30)28-18-7-10-22(32-2)20(25)12-18/h5-10,12-13,15,17H,3-4,11,14H2,1-2H3,(H,28,30). The summed E-state index contributed by atoms with van der Waals surface area (Å²) in [7, 11) is 3.20. The van der Waals surface area contributed by atoms with Crippen molar-refractivity contribution in [1.29, 1.82) is 0 Å². The predicted octanol–water partition coefficient (Wildman–Crippen LogP) is 4.67. The van der Waals surface area contributed by atoms with Crippen LogP contribution in [-0.4, -0.2) is 43.2 Å². The summed E-state index contributed by atoms with van der Waals surface area (Å²) in [5.74, 6) is 2.01. The molecular formula is C24H25ClN4O3. The van der Waals surface area contributed by atoms with E-state index in [-0.39, 0.29) is 11.8 Å². The lowest BCUT2D eigenvalue weighted by atomic mass is 9.97. The largest absolute Gasteiger partial charge is 0.497 e. The molecule has 166 valence electrons. The Bertz CT molecular complexity index is 1090. The Morgan fingerprint density at radius 1 is 1.09 bits per heavy atom. The number of benzene rings is 2. The van der Waals surface area contributed by atoms with E-state index in [1.807, 2.05) is 30.3 Å². The number of hydrogen-bond donors (Lipinski definition) is 1. The van der Waals surface area contributed by atoms with Crippen LogP contribution in [0.3, 0.4) is 0 Å². The predicted molar refractivity (Wildman–Crippen MR) is 126 cm³/mol. The Hall–Kier alpha value is -3.32.